The van der Waals surface area contributed by atoms with Crippen molar-refractivity contribution < 1.29 is 134 Å². The van der Waals surface area contributed by atoms with Gasteiger partial charge in [0.2, 0.25) is 6.29 Å². The summed E-state index contributed by atoms with van der Waals surface area (Å²) < 4.78 is 58.4. The summed E-state index contributed by atoms with van der Waals surface area (Å²) in [4.78, 5) is 27.6. The van der Waals surface area contributed by atoms with Crippen molar-refractivity contribution in [1.29, 1.82) is 0 Å². The van der Waals surface area contributed by atoms with E-state index in [0.29, 0.717) is 25.7 Å². The molecular formula is C59H94O27. The Hall–Kier alpha value is -2.24. The Morgan fingerprint density at radius 3 is 1.76 bits per heavy atom. The summed E-state index contributed by atoms with van der Waals surface area (Å²) in [6.45, 7) is 15.3. The first-order valence-electron chi connectivity index (χ1n) is 30.6. The molecule has 5 saturated heterocycles. The van der Waals surface area contributed by atoms with Crippen molar-refractivity contribution in [2.45, 2.75) is 273 Å². The van der Waals surface area contributed by atoms with Gasteiger partial charge in [-0.2, -0.15) is 0 Å². The Balaban J connectivity index is 0.804. The van der Waals surface area contributed by atoms with Crippen LogP contribution in [0.15, 0.2) is 11.6 Å². The molecule has 5 aliphatic carbocycles. The summed E-state index contributed by atoms with van der Waals surface area (Å²) in [5.41, 5.74) is -1.04. The monoisotopic (exact) mass is 1230 g/mol. The predicted octanol–water partition coefficient (Wildman–Crippen LogP) is -2.45. The van der Waals surface area contributed by atoms with E-state index in [0.717, 1.165) is 38.5 Å². The maximum Gasteiger partial charge on any atom is 0.335 e. The Morgan fingerprint density at radius 2 is 1.12 bits per heavy atom. The number of aliphatic carboxylic acids is 1. The molecule has 4 saturated carbocycles. The normalized spacial score (nSPS) is 53.6. The molecule has 32 atom stereocenters. The largest absolute Gasteiger partial charge is 0.479 e. The lowest BCUT2D eigenvalue weighted by Crippen LogP contribution is -2.67. The molecule has 10 aliphatic rings. The minimum Gasteiger partial charge on any atom is -0.479 e. The number of carboxylic acids is 1. The third-order valence-electron chi connectivity index (χ3n) is 23.1. The third-order valence-corrected chi connectivity index (χ3v) is 23.1. The van der Waals surface area contributed by atoms with Crippen molar-refractivity contribution in [1.82, 2.24) is 0 Å². The lowest BCUT2D eigenvalue weighted by molar-refractivity contribution is -0.383. The number of rotatable bonds is 13. The van der Waals surface area contributed by atoms with Crippen molar-refractivity contribution in [3.8, 4) is 0 Å². The van der Waals surface area contributed by atoms with Crippen molar-refractivity contribution in [3.05, 3.63) is 11.6 Å². The second-order valence-electron chi connectivity index (χ2n) is 28.7. The number of carbonyl (C=O) groups is 2. The molecule has 10 rings (SSSR count). The van der Waals surface area contributed by atoms with Crippen molar-refractivity contribution in [3.63, 3.8) is 0 Å². The van der Waals surface area contributed by atoms with Crippen LogP contribution in [0.3, 0.4) is 0 Å². The molecule has 27 nitrogen and oxygen atoms in total. The number of hydrogen-bond acceptors (Lipinski definition) is 26. The molecule has 0 aromatic carbocycles. The summed E-state index contributed by atoms with van der Waals surface area (Å²) in [5.74, 6) is -2.13. The SMILES string of the molecule is C[C@@H]1O[C@@H](OC2C(C(=O)O)OC(OC3C(O)COC(O[C@H]4CC[C@@]5(C)C(CC[C@]6(C)C5CC=C5C7CC(C)(C)CC[C@]7(C(=O)OC7OC(CO)C(O)C(O)C7O)CC[C@]56C)C4(C)C)C3O)C(O)C2O)[C@H](O)[C@H](OC2OC(CO)C(O)C(O)C2O)[C@H]1O. The van der Waals surface area contributed by atoms with Crippen LogP contribution in [-0.2, 0) is 57.0 Å². The summed E-state index contributed by atoms with van der Waals surface area (Å²) in [7, 11) is 0. The molecule has 86 heavy (non-hydrogen) atoms. The van der Waals surface area contributed by atoms with Gasteiger partial charge in [-0.15, -0.1) is 0 Å². The second kappa shape index (κ2) is 24.3. The smallest absolute Gasteiger partial charge is 0.335 e. The van der Waals surface area contributed by atoms with Crippen LogP contribution in [-0.4, -0.2) is 262 Å². The first kappa shape index (κ1) is 66.7. The van der Waals surface area contributed by atoms with E-state index in [2.05, 4.69) is 54.5 Å². The second-order valence-corrected chi connectivity index (χ2v) is 28.7. The maximum absolute atomic E-state index is 14.8. The van der Waals surface area contributed by atoms with Gasteiger partial charge in [0, 0.05) is 0 Å². The highest BCUT2D eigenvalue weighted by Gasteiger charge is 2.70. The van der Waals surface area contributed by atoms with Crippen molar-refractivity contribution in [2.24, 2.45) is 50.2 Å². The Morgan fingerprint density at radius 1 is 0.558 bits per heavy atom. The molecule has 0 aromatic rings. The van der Waals surface area contributed by atoms with Crippen LogP contribution < -0.4 is 0 Å². The first-order chi connectivity index (χ1) is 40.2. The molecule has 0 aromatic heterocycles. The Labute approximate surface area is 499 Å². The molecule has 0 spiro atoms. The van der Waals surface area contributed by atoms with Crippen LogP contribution in [0.4, 0.5) is 0 Å². The van der Waals surface area contributed by atoms with Gasteiger partial charge in [-0.05, 0) is 116 Å². The number of aliphatic hydroxyl groups is 14. The molecule has 27 heteroatoms. The number of hydrogen-bond donors (Lipinski definition) is 15. The Kier molecular flexibility index (Phi) is 18.9. The van der Waals surface area contributed by atoms with E-state index >= 15 is 0 Å². The Bertz CT molecular complexity index is 2450. The van der Waals surface area contributed by atoms with E-state index in [-0.39, 0.29) is 39.4 Å². The van der Waals surface area contributed by atoms with E-state index in [9.17, 15) is 86.2 Å². The van der Waals surface area contributed by atoms with Crippen LogP contribution in [0.1, 0.15) is 120 Å². The molecular weight excluding hydrogens is 1140 g/mol. The van der Waals surface area contributed by atoms with Gasteiger partial charge in [-0.1, -0.05) is 60.1 Å². The summed E-state index contributed by atoms with van der Waals surface area (Å²) in [6.07, 6.45) is -33.3. The summed E-state index contributed by atoms with van der Waals surface area (Å²) in [5, 5.41) is 161. The van der Waals surface area contributed by atoms with Gasteiger partial charge in [-0.3, -0.25) is 4.79 Å². The fraction of sp³-hybridized carbons (Fsp3) is 0.932. The zero-order valence-electron chi connectivity index (χ0n) is 50.0. The van der Waals surface area contributed by atoms with Gasteiger partial charge in [-0.25, -0.2) is 4.79 Å². The van der Waals surface area contributed by atoms with E-state index in [4.69, 9.17) is 47.4 Å². The topological polar surface area (TPSA) is 430 Å². The number of esters is 1. The maximum atomic E-state index is 14.8. The van der Waals surface area contributed by atoms with Crippen LogP contribution in [0.25, 0.3) is 0 Å². The van der Waals surface area contributed by atoms with Crippen molar-refractivity contribution in [2.75, 3.05) is 19.8 Å². The van der Waals surface area contributed by atoms with Gasteiger partial charge in [0.05, 0.1) is 37.4 Å². The van der Waals surface area contributed by atoms with E-state index in [1.54, 1.807) is 0 Å². The van der Waals surface area contributed by atoms with E-state index in [1.807, 2.05) is 0 Å². The van der Waals surface area contributed by atoms with Gasteiger partial charge >= 0.3 is 11.9 Å². The lowest BCUT2D eigenvalue weighted by atomic mass is 9.33. The fourth-order valence-corrected chi connectivity index (χ4v) is 17.7. The number of carboxylic acid groups (broad SMARTS) is 1. The number of aliphatic hydroxyl groups excluding tert-OH is 14. The first-order valence-corrected chi connectivity index (χ1v) is 30.6. The number of fused-ring (bicyclic) bond motifs is 7. The standard InChI is InChI=1S/C59H94O27/c1-23-32(63)44(83-49-38(69)35(66)33(64)27(20-60)79-49)42(73)52(78-23)84-45-37(68)40(71)51(85-46(45)47(74)75)82-43-26(62)22-77-48(41(43)72)81-31-12-13-56(6)29(55(31,4)5)11-14-58(8)30(56)10-9-24-25-19-54(2,3)15-17-59(25,18-16-57(24,58)7)53(76)86-50-39(70)36(67)34(65)28(21-61)80-50/h9,23,25-46,48-52,60-73H,10-22H2,1-8H3,(H,74,75)/t23-,25?,26?,27?,28?,29?,30?,31-,32-,33?,34?,35?,36?,37?,38?,39?,40?,41?,42+,43?,44+,45?,46?,48?,49?,50?,51?,52-,56-,57+,58+,59-/m0/s1. The van der Waals surface area contributed by atoms with Crippen molar-refractivity contribution >= 4 is 11.9 Å². The summed E-state index contributed by atoms with van der Waals surface area (Å²) >= 11 is 0. The van der Waals surface area contributed by atoms with Gasteiger partial charge in [0.25, 0.3) is 0 Å². The minimum atomic E-state index is -2.18. The highest BCUT2D eigenvalue weighted by molar-refractivity contribution is 5.79. The molecule has 492 valence electrons. The zero-order chi connectivity index (χ0) is 62.9. The molecule has 15 N–H and O–H groups in total. The van der Waals surface area contributed by atoms with E-state index < -0.39 is 196 Å². The van der Waals surface area contributed by atoms with Crippen LogP contribution in [0.2, 0.25) is 0 Å². The zero-order valence-corrected chi connectivity index (χ0v) is 50.0. The average molecular weight is 1240 g/mol. The van der Waals surface area contributed by atoms with E-state index in [1.165, 1.54) is 12.5 Å². The van der Waals surface area contributed by atoms with Gasteiger partial charge in [0.1, 0.15) is 104 Å². The highest BCUT2D eigenvalue weighted by atomic mass is 16.8. The summed E-state index contributed by atoms with van der Waals surface area (Å²) in [6, 6.07) is 0. The fourth-order valence-electron chi connectivity index (χ4n) is 17.7. The van der Waals surface area contributed by atoms with Gasteiger partial charge in [0.15, 0.2) is 31.3 Å². The highest BCUT2D eigenvalue weighted by Crippen LogP contribution is 2.76. The number of allylic oxidation sites excluding steroid dienone is 2. The number of carbonyl (C=O) groups excluding carboxylic acids is 1. The molecule has 22 unspecified atom stereocenters. The predicted molar refractivity (Wildman–Crippen MR) is 289 cm³/mol. The quantitative estimate of drug-likeness (QED) is 0.0517. The third kappa shape index (κ3) is 11.0. The molecule has 0 bridgehead atoms. The molecule has 0 amide bonds. The molecule has 5 heterocycles. The lowest BCUT2D eigenvalue weighted by Gasteiger charge is -2.71. The van der Waals surface area contributed by atoms with Crippen LogP contribution in [0.5, 0.6) is 0 Å². The average Bonchev–Trinajstić information content (AvgIpc) is 0.913. The molecule has 9 fully saturated rings. The van der Waals surface area contributed by atoms with Crippen LogP contribution >= 0.6 is 0 Å². The van der Waals surface area contributed by atoms with Gasteiger partial charge < -0.3 is 124 Å². The minimum absolute atomic E-state index is 0.100. The molecule has 5 aliphatic heterocycles. The number of ether oxygens (including phenoxy) is 10. The van der Waals surface area contributed by atoms with Crippen LogP contribution in [0, 0.1) is 50.2 Å². The molecule has 0 radical (unpaired) electrons.